The maximum atomic E-state index is 12.6. The van der Waals surface area contributed by atoms with Crippen LogP contribution in [0.5, 0.6) is 0 Å². The highest BCUT2D eigenvalue weighted by atomic mass is 32.2. The molecule has 0 radical (unpaired) electrons. The average molecular weight is 470 g/mol. The molecule has 32 heavy (non-hydrogen) atoms. The van der Waals surface area contributed by atoms with Crippen LogP contribution in [0.25, 0.3) is 0 Å². The lowest BCUT2D eigenvalue weighted by atomic mass is 9.91. The Balaban J connectivity index is 2.38. The molecule has 1 amide bonds. The summed E-state index contributed by atoms with van der Waals surface area (Å²) in [7, 11) is 0. The van der Waals surface area contributed by atoms with Gasteiger partial charge in [-0.15, -0.1) is 0 Å². The van der Waals surface area contributed by atoms with Crippen LogP contribution in [0.3, 0.4) is 0 Å². The summed E-state index contributed by atoms with van der Waals surface area (Å²) in [6.45, 7) is 16.6. The number of carbonyl (C=O) groups excluding carboxylic acids is 1. The molecule has 180 valence electrons. The highest BCUT2D eigenvalue weighted by Gasteiger charge is 2.45. The summed E-state index contributed by atoms with van der Waals surface area (Å²) in [5.74, 6) is 0.00755. The molecule has 9 nitrogen and oxygen atoms in total. The van der Waals surface area contributed by atoms with Gasteiger partial charge in [0, 0.05) is 25.2 Å². The Morgan fingerprint density at radius 1 is 1.25 bits per heavy atom. The van der Waals surface area contributed by atoms with Crippen LogP contribution in [0.2, 0.25) is 0 Å². The van der Waals surface area contributed by atoms with Crippen LogP contribution in [0.15, 0.2) is 12.4 Å². The molecule has 2 rings (SSSR count). The first-order chi connectivity index (χ1) is 14.6. The summed E-state index contributed by atoms with van der Waals surface area (Å²) in [6, 6.07) is -0.405. The number of amides is 1. The van der Waals surface area contributed by atoms with Crippen molar-refractivity contribution in [2.75, 3.05) is 24.2 Å². The van der Waals surface area contributed by atoms with Crippen molar-refractivity contribution in [2.24, 2.45) is 5.92 Å². The number of pyridine rings is 1. The van der Waals surface area contributed by atoms with Crippen molar-refractivity contribution in [3.63, 3.8) is 0 Å². The number of nitro groups is 1. The Bertz CT molecular complexity index is 837. The number of aromatic nitrogens is 1. The van der Waals surface area contributed by atoms with E-state index < -0.39 is 22.7 Å². The fourth-order valence-corrected chi connectivity index (χ4v) is 4.54. The maximum Gasteiger partial charge on any atom is 0.408 e. The number of nitrogens with one attached hydrogen (secondary N) is 1. The van der Waals surface area contributed by atoms with E-state index in [0.717, 1.165) is 0 Å². The average Bonchev–Trinajstić information content (AvgIpc) is 2.61. The summed E-state index contributed by atoms with van der Waals surface area (Å²) in [4.78, 5) is 29.8. The fraction of sp³-hybridized carbons (Fsp3) is 0.727. The molecule has 1 aromatic heterocycles. The fourth-order valence-electron chi connectivity index (χ4n) is 3.60. The van der Waals surface area contributed by atoms with Gasteiger partial charge in [0.15, 0.2) is 4.75 Å². The third kappa shape index (κ3) is 6.71. The van der Waals surface area contributed by atoms with E-state index in [1.165, 1.54) is 6.20 Å². The van der Waals surface area contributed by atoms with E-state index in [-0.39, 0.29) is 33.6 Å². The summed E-state index contributed by atoms with van der Waals surface area (Å²) in [5.41, 5.74) is 0.559. The second kappa shape index (κ2) is 9.82. The molecule has 2 heterocycles. The van der Waals surface area contributed by atoms with Gasteiger partial charge in [0.05, 0.1) is 11.0 Å². The van der Waals surface area contributed by atoms with E-state index in [9.17, 15) is 14.9 Å². The van der Waals surface area contributed by atoms with Crippen molar-refractivity contribution in [3.05, 3.63) is 28.1 Å². The number of nitrogens with zero attached hydrogens (tertiary/aromatic N) is 3. The topological polar surface area (TPSA) is 107 Å². The first-order valence-electron chi connectivity index (χ1n) is 10.8. The number of piperidine rings is 1. The Morgan fingerprint density at radius 2 is 1.88 bits per heavy atom. The minimum atomic E-state index is -0.638. The Labute approximate surface area is 194 Å². The van der Waals surface area contributed by atoms with Gasteiger partial charge in [-0.3, -0.25) is 15.1 Å². The zero-order chi connectivity index (χ0) is 24.4. The van der Waals surface area contributed by atoms with Gasteiger partial charge in [-0.05, 0) is 54.0 Å². The van der Waals surface area contributed by atoms with Gasteiger partial charge in [-0.2, -0.15) is 4.18 Å². The third-order valence-corrected chi connectivity index (χ3v) is 7.53. The summed E-state index contributed by atoms with van der Waals surface area (Å²) in [6.07, 6.45) is 4.16. The van der Waals surface area contributed by atoms with Crippen LogP contribution in [0, 0.1) is 23.0 Å². The van der Waals surface area contributed by atoms with Crippen molar-refractivity contribution >= 4 is 28.6 Å². The molecule has 0 aliphatic carbocycles. The zero-order valence-corrected chi connectivity index (χ0v) is 21.4. The summed E-state index contributed by atoms with van der Waals surface area (Å²) >= 11 is -0.361. The van der Waals surface area contributed by atoms with Gasteiger partial charge < -0.3 is 15.0 Å². The lowest BCUT2D eigenvalue weighted by Gasteiger charge is -2.42. The van der Waals surface area contributed by atoms with E-state index in [1.807, 2.05) is 39.5 Å². The maximum absolute atomic E-state index is 12.6. The van der Waals surface area contributed by atoms with E-state index in [4.69, 9.17) is 8.92 Å². The lowest BCUT2D eigenvalue weighted by Crippen LogP contribution is -2.61. The zero-order valence-electron chi connectivity index (χ0n) is 20.6. The van der Waals surface area contributed by atoms with Crippen molar-refractivity contribution in [3.8, 4) is 0 Å². The smallest absolute Gasteiger partial charge is 0.408 e. The van der Waals surface area contributed by atoms with E-state index in [0.29, 0.717) is 24.3 Å². The molecule has 1 aliphatic heterocycles. The molecular formula is C22H37N4O5S+. The number of anilines is 1. The van der Waals surface area contributed by atoms with Crippen LogP contribution in [0.1, 0.15) is 54.0 Å². The molecule has 1 aromatic rings. The van der Waals surface area contributed by atoms with E-state index >= 15 is 0 Å². The van der Waals surface area contributed by atoms with Crippen LogP contribution >= 0.6 is 0 Å². The highest BCUT2D eigenvalue weighted by Crippen LogP contribution is 2.35. The molecule has 0 bridgehead atoms. The van der Waals surface area contributed by atoms with Crippen molar-refractivity contribution in [1.29, 1.82) is 0 Å². The largest absolute Gasteiger partial charge is 0.444 e. The van der Waals surface area contributed by atoms with Crippen LogP contribution in [-0.2, 0) is 20.1 Å². The van der Waals surface area contributed by atoms with Gasteiger partial charge in [-0.25, -0.2) is 4.79 Å². The lowest BCUT2D eigenvalue weighted by molar-refractivity contribution is -0.384. The number of ether oxygens (including phenoxy) is 1. The van der Waals surface area contributed by atoms with Gasteiger partial charge in [-0.1, -0.05) is 6.92 Å². The molecule has 1 N–H and O–H groups in total. The number of rotatable bonds is 5. The van der Waals surface area contributed by atoms with Crippen molar-refractivity contribution in [2.45, 2.75) is 77.9 Å². The van der Waals surface area contributed by atoms with Crippen molar-refractivity contribution in [1.82, 2.24) is 10.3 Å². The first-order valence-corrected chi connectivity index (χ1v) is 12.3. The second-order valence-corrected chi connectivity index (χ2v) is 12.7. The SMILES string of the molecule is Cc1cncc([N+](=O)[O-])c1N1C[C@H](C)[C@@H](O[S+](C)C(C)(C)C)[C@H](NC(=O)OC(C)(C)C)C1. The Kier molecular flexibility index (Phi) is 8.04. The number of alkyl carbamates (subject to hydrolysis) is 1. The molecular weight excluding hydrogens is 432 g/mol. The van der Waals surface area contributed by atoms with E-state index in [2.05, 4.69) is 37.3 Å². The predicted octanol–water partition coefficient (Wildman–Crippen LogP) is 3.99. The number of carbonyl (C=O) groups is 1. The van der Waals surface area contributed by atoms with Gasteiger partial charge in [0.2, 0.25) is 0 Å². The Morgan fingerprint density at radius 3 is 2.41 bits per heavy atom. The number of hydrogen-bond acceptors (Lipinski definition) is 7. The molecule has 10 heteroatoms. The molecule has 4 atom stereocenters. The van der Waals surface area contributed by atoms with Crippen LogP contribution in [0.4, 0.5) is 16.2 Å². The summed E-state index contributed by atoms with van der Waals surface area (Å²) < 4.78 is 11.9. The molecule has 0 aromatic carbocycles. The molecule has 1 fully saturated rings. The van der Waals surface area contributed by atoms with Gasteiger partial charge in [0.1, 0.15) is 41.0 Å². The highest BCUT2D eigenvalue weighted by molar-refractivity contribution is 7.93. The second-order valence-electron chi connectivity index (χ2n) is 10.3. The normalized spacial score (nSPS) is 22.9. The molecule has 1 saturated heterocycles. The minimum Gasteiger partial charge on any atom is -0.444 e. The van der Waals surface area contributed by atoms with E-state index in [1.54, 1.807) is 6.20 Å². The molecule has 0 spiro atoms. The monoisotopic (exact) mass is 469 g/mol. The standard InChI is InChI=1S/C22H36N4O5S/c1-14-10-23-11-17(26(28)29)18(14)25-12-15(2)19(31-32(9)22(6,7)8)16(13-25)24-20(27)30-21(3,4)5/h10-11,15-16,19H,12-13H2,1-9H3/p+1/t15-,16+,19+,32?/m0/s1. The number of hydrogen-bond donors (Lipinski definition) is 1. The first kappa shape index (κ1) is 26.2. The molecule has 1 aliphatic rings. The Hall–Kier alpha value is -2.07. The van der Waals surface area contributed by atoms with Crippen LogP contribution in [-0.4, -0.2) is 57.8 Å². The molecule has 0 saturated carbocycles. The quantitative estimate of drug-likeness (QED) is 0.395. The summed E-state index contributed by atoms with van der Waals surface area (Å²) in [5, 5.41) is 14.6. The van der Waals surface area contributed by atoms with Crippen molar-refractivity contribution < 1.29 is 18.6 Å². The minimum absolute atomic E-state index is 0.00755. The van der Waals surface area contributed by atoms with Gasteiger partial charge in [0.25, 0.3) is 0 Å². The van der Waals surface area contributed by atoms with Gasteiger partial charge >= 0.3 is 11.8 Å². The number of aryl methyl sites for hydroxylation is 1. The predicted molar refractivity (Wildman–Crippen MR) is 128 cm³/mol. The molecule has 1 unspecified atom stereocenters. The van der Waals surface area contributed by atoms with Crippen LogP contribution < -0.4 is 10.2 Å². The third-order valence-electron chi connectivity index (χ3n) is 5.30.